The van der Waals surface area contributed by atoms with Crippen molar-refractivity contribution in [1.29, 1.82) is 0 Å². The summed E-state index contributed by atoms with van der Waals surface area (Å²) < 4.78 is 26.1. The zero-order valence-electron chi connectivity index (χ0n) is 26.0. The molecule has 0 unspecified atom stereocenters. The summed E-state index contributed by atoms with van der Waals surface area (Å²) in [6, 6.07) is 33.9. The molecule has 0 fully saturated rings. The van der Waals surface area contributed by atoms with Crippen LogP contribution in [0.4, 0.5) is 4.39 Å². The summed E-state index contributed by atoms with van der Waals surface area (Å²) in [5, 5.41) is 13.3. The Kier molecular flexibility index (Phi) is 7.07. The minimum Gasteiger partial charge on any atom is -0.475 e. The summed E-state index contributed by atoms with van der Waals surface area (Å²) in [4.78, 5) is 9.11. The zero-order chi connectivity index (χ0) is 31.8. The third kappa shape index (κ3) is 4.51. The molecular formula is C39H25FN6OPt. The third-order valence-corrected chi connectivity index (χ3v) is 8.75. The molecule has 7 nitrogen and oxygen atoms in total. The molecule has 0 aliphatic rings. The zero-order valence-corrected chi connectivity index (χ0v) is 28.3. The molecule has 4 aromatic carbocycles. The molecule has 5 aromatic heterocycles. The van der Waals surface area contributed by atoms with Crippen molar-refractivity contribution in [3.63, 3.8) is 0 Å². The van der Waals surface area contributed by atoms with Gasteiger partial charge in [-0.1, -0.05) is 88.5 Å². The fourth-order valence-electron chi connectivity index (χ4n) is 6.88. The average Bonchev–Trinajstić information content (AvgIpc) is 3.65. The molecule has 48 heavy (non-hydrogen) atoms. The number of pyridine rings is 3. The third-order valence-electron chi connectivity index (χ3n) is 8.75. The molecule has 0 radical (unpaired) electrons. The van der Waals surface area contributed by atoms with E-state index < -0.39 is 5.82 Å². The molecule has 0 saturated heterocycles. The topological polar surface area (TPSA) is 70.1 Å². The van der Waals surface area contributed by atoms with Gasteiger partial charge in [0.2, 0.25) is 0 Å². The van der Waals surface area contributed by atoms with Crippen molar-refractivity contribution in [3.8, 4) is 28.8 Å². The van der Waals surface area contributed by atoms with E-state index >= 15 is 4.39 Å². The minimum atomic E-state index is -0.572. The monoisotopic (exact) mass is 807 g/mol. The van der Waals surface area contributed by atoms with Crippen LogP contribution in [0, 0.1) is 38.7 Å². The number of hydrogen-bond donors (Lipinski definition) is 0. The molecule has 9 aromatic rings. The van der Waals surface area contributed by atoms with E-state index in [-0.39, 0.29) is 32.7 Å². The van der Waals surface area contributed by atoms with Crippen LogP contribution in [0.25, 0.3) is 66.3 Å². The summed E-state index contributed by atoms with van der Waals surface area (Å²) >= 11 is 0. The van der Waals surface area contributed by atoms with E-state index in [0.717, 1.165) is 61.0 Å². The van der Waals surface area contributed by atoms with Gasteiger partial charge < -0.3 is 13.7 Å². The van der Waals surface area contributed by atoms with E-state index in [1.54, 1.807) is 12.4 Å². The summed E-state index contributed by atoms with van der Waals surface area (Å²) in [5.41, 5.74) is 7.51. The second-order valence-electron chi connectivity index (χ2n) is 11.8. The van der Waals surface area contributed by atoms with Gasteiger partial charge in [0.1, 0.15) is 11.7 Å². The van der Waals surface area contributed by atoms with Gasteiger partial charge in [-0.25, -0.2) is 4.98 Å². The first kappa shape index (κ1) is 29.9. The predicted molar refractivity (Wildman–Crippen MR) is 182 cm³/mol. The second-order valence-corrected chi connectivity index (χ2v) is 11.8. The maximum atomic E-state index is 15.9. The van der Waals surface area contributed by atoms with Crippen LogP contribution >= 0.6 is 0 Å². The Balaban J connectivity index is 0.00000336. The molecule has 0 atom stereocenters. The normalized spacial score (nSPS) is 11.6. The first-order chi connectivity index (χ1) is 23.0. The van der Waals surface area contributed by atoms with Crippen molar-refractivity contribution in [3.05, 3.63) is 132 Å². The maximum Gasteiger partial charge on any atom is 2.00 e. The largest absolute Gasteiger partial charge is 2.00 e. The van der Waals surface area contributed by atoms with E-state index in [0.29, 0.717) is 16.4 Å². The molecule has 0 aliphatic carbocycles. The van der Waals surface area contributed by atoms with Gasteiger partial charge in [0, 0.05) is 22.8 Å². The van der Waals surface area contributed by atoms with Crippen LogP contribution in [0.3, 0.4) is 0 Å². The molecule has 0 amide bonds. The minimum absolute atomic E-state index is 0. The van der Waals surface area contributed by atoms with Gasteiger partial charge in [-0.3, -0.25) is 9.37 Å². The first-order valence-electron chi connectivity index (χ1n) is 15.3. The number of aryl methyl sites for hydroxylation is 3. The van der Waals surface area contributed by atoms with Crippen molar-refractivity contribution in [2.24, 2.45) is 0 Å². The van der Waals surface area contributed by atoms with Crippen molar-refractivity contribution in [2.45, 2.75) is 20.8 Å². The number of halogens is 1. The Bertz CT molecular complexity index is 2700. The number of ether oxygens (including phenoxy) is 1. The number of benzene rings is 4. The molecule has 9 rings (SSSR count). The number of para-hydroxylation sites is 2. The number of fused-ring (bicyclic) bond motifs is 9. The van der Waals surface area contributed by atoms with Gasteiger partial charge in [0.25, 0.3) is 0 Å². The SMILES string of the molecule is Cc1cc(C)c(-c2nnc3c4[c-]c(Oc5[c-]c6c(cn5)c5ccccc5n6-c5ccccn5)c(F)cc4c4ccccc4n23)c(C)c1.[Pt+2]. The van der Waals surface area contributed by atoms with Gasteiger partial charge in [0.15, 0.2) is 5.82 Å². The molecule has 0 bridgehead atoms. The van der Waals surface area contributed by atoms with Crippen molar-refractivity contribution >= 4 is 49.1 Å². The predicted octanol–water partition coefficient (Wildman–Crippen LogP) is 9.04. The van der Waals surface area contributed by atoms with Crippen LogP contribution in [0.15, 0.2) is 97.3 Å². The standard InChI is InChI=1S/C39H25FN6O.Pt/c1-22-16-23(2)37(24(3)17-22)39-44-43-38-28-19-34(30(40)18-27(28)25-10-4-7-13-32(25)46(38)39)47-36-20-33-29(21-42-36)26-11-5-6-12-31(26)45(33)35-14-8-9-15-41-35;/h4-18,21H,1-3H3;/q-2;+2. The van der Waals surface area contributed by atoms with E-state index in [1.165, 1.54) is 11.6 Å². The van der Waals surface area contributed by atoms with Crippen molar-refractivity contribution in [1.82, 2.24) is 29.1 Å². The second kappa shape index (κ2) is 11.4. The molecule has 5 heterocycles. The van der Waals surface area contributed by atoms with E-state index in [4.69, 9.17) is 4.74 Å². The molecular weight excluding hydrogens is 783 g/mol. The first-order valence-corrected chi connectivity index (χ1v) is 15.3. The molecule has 0 spiro atoms. The Labute approximate surface area is 288 Å². The van der Waals surface area contributed by atoms with E-state index in [9.17, 15) is 0 Å². The fraction of sp³-hybridized carbons (Fsp3) is 0.0769. The Morgan fingerprint density at radius 2 is 1.44 bits per heavy atom. The van der Waals surface area contributed by atoms with Gasteiger partial charge in [-0.05, 0) is 67.7 Å². The molecule has 0 saturated carbocycles. The smallest absolute Gasteiger partial charge is 0.475 e. The van der Waals surface area contributed by atoms with Crippen LogP contribution in [0.1, 0.15) is 16.7 Å². The summed E-state index contributed by atoms with van der Waals surface area (Å²) in [6.45, 7) is 6.25. The van der Waals surface area contributed by atoms with Crippen LogP contribution in [-0.4, -0.2) is 29.1 Å². The van der Waals surface area contributed by atoms with Crippen LogP contribution < -0.4 is 4.74 Å². The Morgan fingerprint density at radius 3 is 2.19 bits per heavy atom. The van der Waals surface area contributed by atoms with Crippen LogP contribution in [0.5, 0.6) is 11.6 Å². The average molecular weight is 808 g/mol. The number of aromatic nitrogens is 6. The quantitative estimate of drug-likeness (QED) is 0.131. The molecule has 0 aliphatic heterocycles. The number of hydrogen-bond acceptors (Lipinski definition) is 5. The Hall–Kier alpha value is -5.46. The molecule has 234 valence electrons. The number of rotatable bonds is 4. The van der Waals surface area contributed by atoms with Crippen molar-refractivity contribution in [2.75, 3.05) is 0 Å². The van der Waals surface area contributed by atoms with Gasteiger partial charge in [0.05, 0.1) is 17.2 Å². The van der Waals surface area contributed by atoms with Crippen molar-refractivity contribution < 1.29 is 30.2 Å². The maximum absolute atomic E-state index is 15.9. The van der Waals surface area contributed by atoms with E-state index in [1.807, 2.05) is 75.7 Å². The Morgan fingerprint density at radius 1 is 0.729 bits per heavy atom. The summed E-state index contributed by atoms with van der Waals surface area (Å²) in [5.74, 6) is 0.877. The van der Waals surface area contributed by atoms with Crippen LogP contribution in [0.2, 0.25) is 0 Å². The van der Waals surface area contributed by atoms with E-state index in [2.05, 4.69) is 65.2 Å². The van der Waals surface area contributed by atoms with Gasteiger partial charge in [-0.2, -0.15) is 11.2 Å². The summed E-state index contributed by atoms with van der Waals surface area (Å²) in [7, 11) is 0. The fourth-order valence-corrected chi connectivity index (χ4v) is 6.88. The molecule has 0 N–H and O–H groups in total. The van der Waals surface area contributed by atoms with Gasteiger partial charge >= 0.3 is 21.1 Å². The van der Waals surface area contributed by atoms with Gasteiger partial charge in [-0.15, -0.1) is 16.0 Å². The molecule has 9 heteroatoms. The number of nitrogens with zero attached hydrogens (tertiary/aromatic N) is 6. The van der Waals surface area contributed by atoms with Crippen LogP contribution in [-0.2, 0) is 21.1 Å². The summed E-state index contributed by atoms with van der Waals surface area (Å²) in [6.07, 6.45) is 3.47.